The van der Waals surface area contributed by atoms with Crippen molar-refractivity contribution in [2.24, 2.45) is 5.73 Å². The highest BCUT2D eigenvalue weighted by atomic mass is 16.2. The molecule has 0 spiro atoms. The molecule has 1 unspecified atom stereocenters. The number of carbonyl (C=O) groups is 2. The Morgan fingerprint density at radius 2 is 1.89 bits per heavy atom. The Morgan fingerprint density at radius 1 is 1.16 bits per heavy atom. The number of aromatic nitrogens is 2. The van der Waals surface area contributed by atoms with Crippen LogP contribution in [0.25, 0.3) is 0 Å². The van der Waals surface area contributed by atoms with Crippen LogP contribution in [0.4, 0.5) is 0 Å². The minimum absolute atomic E-state index is 0.129. The third kappa shape index (κ3) is 3.12. The third-order valence-electron chi connectivity index (χ3n) is 2.49. The molecule has 0 saturated heterocycles. The zero-order chi connectivity index (χ0) is 13.7. The molecule has 0 aliphatic rings. The van der Waals surface area contributed by atoms with Gasteiger partial charge in [-0.2, -0.15) is 0 Å². The lowest BCUT2D eigenvalue weighted by atomic mass is 10.1. The van der Waals surface area contributed by atoms with Gasteiger partial charge < -0.3 is 11.1 Å². The van der Waals surface area contributed by atoms with Crippen molar-refractivity contribution < 1.29 is 9.59 Å². The second-order valence-electron chi connectivity index (χ2n) is 3.81. The summed E-state index contributed by atoms with van der Waals surface area (Å²) in [6.07, 6.45) is 4.18. The van der Waals surface area contributed by atoms with Gasteiger partial charge in [0.2, 0.25) is 5.91 Å². The van der Waals surface area contributed by atoms with E-state index in [9.17, 15) is 9.59 Å². The molecule has 0 saturated carbocycles. The van der Waals surface area contributed by atoms with Gasteiger partial charge in [-0.15, -0.1) is 0 Å². The Hall–Kier alpha value is -2.76. The first-order chi connectivity index (χ1) is 9.18. The fourth-order valence-electron chi connectivity index (χ4n) is 1.59. The van der Waals surface area contributed by atoms with Crippen molar-refractivity contribution in [3.05, 3.63) is 60.2 Å². The maximum atomic E-state index is 11.9. The van der Waals surface area contributed by atoms with Crippen molar-refractivity contribution >= 4 is 11.8 Å². The average molecular weight is 256 g/mol. The summed E-state index contributed by atoms with van der Waals surface area (Å²) in [5, 5.41) is 2.53. The quantitative estimate of drug-likeness (QED) is 0.828. The summed E-state index contributed by atoms with van der Waals surface area (Å²) in [5.41, 5.74) is 6.05. The summed E-state index contributed by atoms with van der Waals surface area (Å²) < 4.78 is 0. The minimum atomic E-state index is -0.893. The van der Waals surface area contributed by atoms with E-state index in [0.29, 0.717) is 5.56 Å². The van der Waals surface area contributed by atoms with Crippen LogP contribution in [0.3, 0.4) is 0 Å². The molecule has 1 aromatic heterocycles. The third-order valence-corrected chi connectivity index (χ3v) is 2.49. The van der Waals surface area contributed by atoms with E-state index in [1.165, 1.54) is 18.6 Å². The van der Waals surface area contributed by atoms with E-state index < -0.39 is 17.9 Å². The summed E-state index contributed by atoms with van der Waals surface area (Å²) in [4.78, 5) is 31.0. The Bertz CT molecular complexity index is 572. The van der Waals surface area contributed by atoms with Crippen molar-refractivity contribution in [3.63, 3.8) is 0 Å². The Balaban J connectivity index is 2.19. The van der Waals surface area contributed by atoms with Gasteiger partial charge in [-0.3, -0.25) is 14.6 Å². The molecule has 0 fully saturated rings. The number of benzene rings is 1. The molecule has 0 aliphatic heterocycles. The molecule has 0 aliphatic carbocycles. The van der Waals surface area contributed by atoms with Gasteiger partial charge in [0, 0.05) is 12.4 Å². The van der Waals surface area contributed by atoms with E-state index in [4.69, 9.17) is 5.73 Å². The van der Waals surface area contributed by atoms with Crippen LogP contribution in [0.5, 0.6) is 0 Å². The van der Waals surface area contributed by atoms with Crippen molar-refractivity contribution in [1.82, 2.24) is 15.3 Å². The van der Waals surface area contributed by atoms with Crippen LogP contribution in [0.15, 0.2) is 48.9 Å². The summed E-state index contributed by atoms with van der Waals surface area (Å²) in [6.45, 7) is 0. The fraction of sp³-hybridized carbons (Fsp3) is 0.0769. The highest BCUT2D eigenvalue weighted by Crippen LogP contribution is 2.12. The Kier molecular flexibility index (Phi) is 3.82. The molecule has 1 atom stereocenters. The molecule has 2 amide bonds. The molecule has 0 bridgehead atoms. The highest BCUT2D eigenvalue weighted by molar-refractivity contribution is 5.95. The number of hydrogen-bond donors (Lipinski definition) is 2. The monoisotopic (exact) mass is 256 g/mol. The van der Waals surface area contributed by atoms with Crippen LogP contribution in [-0.2, 0) is 4.79 Å². The predicted octanol–water partition coefficient (Wildman–Crippen LogP) is 0.433. The van der Waals surface area contributed by atoms with E-state index in [1.807, 2.05) is 6.07 Å². The highest BCUT2D eigenvalue weighted by Gasteiger charge is 2.21. The minimum Gasteiger partial charge on any atom is -0.368 e. The van der Waals surface area contributed by atoms with Gasteiger partial charge in [-0.25, -0.2) is 4.98 Å². The van der Waals surface area contributed by atoms with Gasteiger partial charge in [0.05, 0.1) is 6.20 Å². The lowest BCUT2D eigenvalue weighted by Crippen LogP contribution is -2.37. The maximum Gasteiger partial charge on any atom is 0.272 e. The normalized spacial score (nSPS) is 11.6. The smallest absolute Gasteiger partial charge is 0.272 e. The molecule has 2 aromatic rings. The topological polar surface area (TPSA) is 98.0 Å². The van der Waals surface area contributed by atoms with Gasteiger partial charge in [0.25, 0.3) is 5.91 Å². The SMILES string of the molecule is NC(=O)C(NC(=O)c1cnccn1)c1ccccc1. The van der Waals surface area contributed by atoms with Crippen LogP contribution >= 0.6 is 0 Å². The molecule has 3 N–H and O–H groups in total. The van der Waals surface area contributed by atoms with Crippen LogP contribution in [0.1, 0.15) is 22.1 Å². The molecular weight excluding hydrogens is 244 g/mol. The maximum absolute atomic E-state index is 11.9. The molecule has 6 heteroatoms. The standard InChI is InChI=1S/C13H12N4O2/c14-12(18)11(9-4-2-1-3-5-9)17-13(19)10-8-15-6-7-16-10/h1-8,11H,(H2,14,18)(H,17,19). The second kappa shape index (κ2) is 5.72. The van der Waals surface area contributed by atoms with Crippen LogP contribution in [-0.4, -0.2) is 21.8 Å². The van der Waals surface area contributed by atoms with Crippen LogP contribution < -0.4 is 11.1 Å². The van der Waals surface area contributed by atoms with Crippen molar-refractivity contribution in [1.29, 1.82) is 0 Å². The molecule has 6 nitrogen and oxygen atoms in total. The van der Waals surface area contributed by atoms with Crippen LogP contribution in [0.2, 0.25) is 0 Å². The predicted molar refractivity (Wildman–Crippen MR) is 67.9 cm³/mol. The van der Waals surface area contributed by atoms with Crippen LogP contribution in [0, 0.1) is 0 Å². The van der Waals surface area contributed by atoms with Crippen molar-refractivity contribution in [2.45, 2.75) is 6.04 Å². The number of carbonyl (C=O) groups excluding carboxylic acids is 2. The number of hydrogen-bond acceptors (Lipinski definition) is 4. The van der Waals surface area contributed by atoms with Gasteiger partial charge >= 0.3 is 0 Å². The van der Waals surface area contributed by atoms with E-state index in [-0.39, 0.29) is 5.69 Å². The van der Waals surface area contributed by atoms with E-state index in [0.717, 1.165) is 0 Å². The zero-order valence-electron chi connectivity index (χ0n) is 9.98. The number of nitrogens with one attached hydrogen (secondary N) is 1. The number of rotatable bonds is 4. The molecular formula is C13H12N4O2. The average Bonchev–Trinajstić information content (AvgIpc) is 2.46. The summed E-state index contributed by atoms with van der Waals surface area (Å²) in [6, 6.07) is 7.88. The molecule has 96 valence electrons. The fourth-order valence-corrected chi connectivity index (χ4v) is 1.59. The van der Waals surface area contributed by atoms with E-state index in [1.54, 1.807) is 24.3 Å². The number of primary amides is 1. The van der Waals surface area contributed by atoms with Gasteiger partial charge in [-0.05, 0) is 5.56 Å². The van der Waals surface area contributed by atoms with Gasteiger partial charge in [0.15, 0.2) is 0 Å². The summed E-state index contributed by atoms with van der Waals surface area (Å²) >= 11 is 0. The largest absolute Gasteiger partial charge is 0.368 e. The molecule has 2 rings (SSSR count). The zero-order valence-corrected chi connectivity index (χ0v) is 9.98. The lowest BCUT2D eigenvalue weighted by Gasteiger charge is -2.15. The van der Waals surface area contributed by atoms with Gasteiger partial charge in [-0.1, -0.05) is 30.3 Å². The number of nitrogens with zero attached hydrogens (tertiary/aromatic N) is 2. The number of nitrogens with two attached hydrogens (primary N) is 1. The number of amides is 2. The van der Waals surface area contributed by atoms with Gasteiger partial charge in [0.1, 0.15) is 11.7 Å². The molecule has 19 heavy (non-hydrogen) atoms. The van der Waals surface area contributed by atoms with Crippen molar-refractivity contribution in [2.75, 3.05) is 0 Å². The Labute approximate surface area is 109 Å². The lowest BCUT2D eigenvalue weighted by molar-refractivity contribution is -0.120. The summed E-state index contributed by atoms with van der Waals surface area (Å²) in [5.74, 6) is -1.14. The van der Waals surface area contributed by atoms with E-state index in [2.05, 4.69) is 15.3 Å². The Morgan fingerprint density at radius 3 is 2.47 bits per heavy atom. The first kappa shape index (κ1) is 12.7. The second-order valence-corrected chi connectivity index (χ2v) is 3.81. The molecule has 1 heterocycles. The summed E-state index contributed by atoms with van der Waals surface area (Å²) in [7, 11) is 0. The van der Waals surface area contributed by atoms with E-state index >= 15 is 0 Å². The van der Waals surface area contributed by atoms with Crippen molar-refractivity contribution in [3.8, 4) is 0 Å². The molecule has 1 aromatic carbocycles. The molecule has 0 radical (unpaired) electrons. The first-order valence-corrected chi connectivity index (χ1v) is 5.59. The first-order valence-electron chi connectivity index (χ1n) is 5.59.